The number of fused-ring (bicyclic) bond motifs is 5. The summed E-state index contributed by atoms with van der Waals surface area (Å²) in [4.78, 5) is 0. The predicted molar refractivity (Wildman–Crippen MR) is 299 cm³/mol. The summed E-state index contributed by atoms with van der Waals surface area (Å²) < 4.78 is 60.1. The fourth-order valence-electron chi connectivity index (χ4n) is 17.1. The molecule has 0 spiro atoms. The zero-order valence-electron chi connectivity index (χ0n) is 51.5. The lowest BCUT2D eigenvalue weighted by molar-refractivity contribution is -0.368. The van der Waals surface area contributed by atoms with Crippen molar-refractivity contribution in [1.29, 1.82) is 0 Å². The van der Waals surface area contributed by atoms with Gasteiger partial charge in [0.15, 0.2) is 31.5 Å². The number of hydrogen-bond donors (Lipinski definition) is 18. The van der Waals surface area contributed by atoms with Gasteiger partial charge in [-0.15, -0.1) is 0 Å². The van der Waals surface area contributed by atoms with Crippen LogP contribution in [-0.4, -0.2) is 296 Å². The number of rotatable bonds is 20. The third-order valence-electron chi connectivity index (χ3n) is 22.7. The van der Waals surface area contributed by atoms with Gasteiger partial charge in [-0.2, -0.15) is 0 Å². The summed E-state index contributed by atoms with van der Waals surface area (Å²) in [5.41, 5.74) is -2.36. The first-order valence-electron chi connectivity index (χ1n) is 31.5. The molecule has 8 fully saturated rings. The normalized spacial score (nSPS) is 51.4. The molecule has 4 aliphatic carbocycles. The van der Waals surface area contributed by atoms with Gasteiger partial charge in [0, 0.05) is 17.3 Å². The molecule has 0 aromatic heterocycles. The van der Waals surface area contributed by atoms with Crippen molar-refractivity contribution in [3.63, 3.8) is 0 Å². The fourth-order valence-corrected chi connectivity index (χ4v) is 17.1. The van der Waals surface area contributed by atoms with Crippen LogP contribution in [0.3, 0.4) is 0 Å². The molecule has 0 bridgehead atoms. The predicted octanol–water partition coefficient (Wildman–Crippen LogP) is -4.38. The van der Waals surface area contributed by atoms with Gasteiger partial charge in [0.25, 0.3) is 0 Å². The average molecular weight is 1270 g/mol. The zero-order valence-corrected chi connectivity index (χ0v) is 51.5. The maximum absolute atomic E-state index is 12.9. The van der Waals surface area contributed by atoms with Crippen LogP contribution in [0.4, 0.5) is 0 Å². The Labute approximate surface area is 512 Å². The van der Waals surface area contributed by atoms with Crippen molar-refractivity contribution in [2.75, 3.05) is 33.0 Å². The monoisotopic (exact) mass is 1270 g/mol. The highest BCUT2D eigenvalue weighted by Gasteiger charge is 2.70. The highest BCUT2D eigenvalue weighted by molar-refractivity contribution is 5.32. The molecule has 5 aliphatic heterocycles. The first-order valence-corrected chi connectivity index (χ1v) is 31.5. The summed E-state index contributed by atoms with van der Waals surface area (Å²) >= 11 is 0. The Morgan fingerprint density at radius 2 is 1.06 bits per heavy atom. The second-order valence-corrected chi connectivity index (χ2v) is 28.6. The van der Waals surface area contributed by atoms with E-state index < -0.39 is 215 Å². The Morgan fingerprint density at radius 3 is 1.59 bits per heavy atom. The number of allylic oxidation sites excluding steroid dienone is 1. The number of ether oxygens (including phenoxy) is 10. The SMILES string of the molecule is C[C@H](CC[C@@H](O[C@@H]1O[C@H](CO[C@@H]2O[C@H](CO)[C@@H](O)[C@H](O)[C@H]2O)C[C@H](O)[C@H]1O[C@@H]1O[C@H](CO)[C@@H](O)[C@H](O)[C@H]1O)C(C)(C)O)C1CC[C@@]2(C)C3CC=C4C(CC[C@H](O[C@@H]5O[C@H](CO)[C@@H](O)[C@H](O[C@@H]6O[C@H](CO)[C@@H](O)[C@H](O)[C@H]6O)[C@H]5O)C4(C)C)[C@]3(C)[C@H](O)C[C@]12C. The van der Waals surface area contributed by atoms with Crippen molar-refractivity contribution in [3.05, 3.63) is 11.6 Å². The van der Waals surface area contributed by atoms with Crippen LogP contribution in [0.25, 0.3) is 0 Å². The Hall–Kier alpha value is -1.38. The third kappa shape index (κ3) is 12.8. The van der Waals surface area contributed by atoms with Gasteiger partial charge in [0.2, 0.25) is 0 Å². The number of aliphatic hydroxyl groups excluding tert-OH is 17. The van der Waals surface area contributed by atoms with Crippen molar-refractivity contribution in [2.45, 2.75) is 285 Å². The molecule has 9 aliphatic rings. The van der Waals surface area contributed by atoms with Crippen LogP contribution in [0.15, 0.2) is 11.6 Å². The van der Waals surface area contributed by atoms with Gasteiger partial charge in [-0.3, -0.25) is 0 Å². The molecule has 9 rings (SSSR count). The van der Waals surface area contributed by atoms with Gasteiger partial charge in [-0.05, 0) is 99.7 Å². The van der Waals surface area contributed by atoms with E-state index in [1.54, 1.807) is 13.8 Å². The molecule has 18 N–H and O–H groups in total. The summed E-state index contributed by atoms with van der Waals surface area (Å²) in [5.74, 6) is 0.0749. The third-order valence-corrected chi connectivity index (χ3v) is 22.7. The molecule has 0 radical (unpaired) electrons. The van der Waals surface area contributed by atoms with E-state index in [2.05, 4.69) is 33.8 Å². The van der Waals surface area contributed by atoms with Gasteiger partial charge in [-0.1, -0.05) is 53.2 Å². The van der Waals surface area contributed by atoms with E-state index in [9.17, 15) is 91.9 Å². The maximum Gasteiger partial charge on any atom is 0.187 e. The van der Waals surface area contributed by atoms with Crippen molar-refractivity contribution >= 4 is 0 Å². The molecular weight excluding hydrogens is 1170 g/mol. The minimum atomic E-state index is -1.86. The highest BCUT2D eigenvalue weighted by atomic mass is 16.8. The van der Waals surface area contributed by atoms with Crippen LogP contribution in [-0.2, 0) is 47.4 Å². The Morgan fingerprint density at radius 1 is 0.557 bits per heavy atom. The summed E-state index contributed by atoms with van der Waals surface area (Å²) in [6.45, 7) is 12.9. The van der Waals surface area contributed by atoms with Crippen molar-refractivity contribution in [2.24, 2.45) is 45.3 Å². The molecule has 3 saturated carbocycles. The second kappa shape index (κ2) is 27.4. The van der Waals surface area contributed by atoms with Gasteiger partial charge in [0.1, 0.15) is 104 Å². The minimum Gasteiger partial charge on any atom is -0.394 e. The highest BCUT2D eigenvalue weighted by Crippen LogP contribution is 2.75. The molecule has 0 amide bonds. The fraction of sp³-hybridized carbons (Fsp3) is 0.967. The van der Waals surface area contributed by atoms with Crippen LogP contribution >= 0.6 is 0 Å². The summed E-state index contributed by atoms with van der Waals surface area (Å²) in [7, 11) is 0. The minimum absolute atomic E-state index is 0.00265. The lowest BCUT2D eigenvalue weighted by atomic mass is 9.38. The van der Waals surface area contributed by atoms with E-state index >= 15 is 0 Å². The maximum atomic E-state index is 12.9. The lowest BCUT2D eigenvalue weighted by Gasteiger charge is -2.67. The molecule has 0 aromatic rings. The molecule has 510 valence electrons. The van der Waals surface area contributed by atoms with Crippen LogP contribution in [0.2, 0.25) is 0 Å². The Bertz CT molecular complexity index is 2310. The smallest absolute Gasteiger partial charge is 0.187 e. The molecule has 34 atom stereocenters. The molecule has 3 unspecified atom stereocenters. The van der Waals surface area contributed by atoms with Gasteiger partial charge >= 0.3 is 0 Å². The topological polar surface area (TPSA) is 456 Å². The molecular formula is C60H102O28. The van der Waals surface area contributed by atoms with Crippen LogP contribution in [0, 0.1) is 45.3 Å². The van der Waals surface area contributed by atoms with E-state index in [0.29, 0.717) is 32.1 Å². The van der Waals surface area contributed by atoms with Gasteiger partial charge in [0.05, 0.1) is 69.2 Å². The first-order chi connectivity index (χ1) is 41.2. The van der Waals surface area contributed by atoms with E-state index in [-0.39, 0.29) is 47.3 Å². The van der Waals surface area contributed by atoms with Crippen molar-refractivity contribution < 1.29 is 139 Å². The molecule has 88 heavy (non-hydrogen) atoms. The van der Waals surface area contributed by atoms with Crippen molar-refractivity contribution in [1.82, 2.24) is 0 Å². The summed E-state index contributed by atoms with van der Waals surface area (Å²) in [5, 5.41) is 194. The molecule has 28 heteroatoms. The van der Waals surface area contributed by atoms with Crippen LogP contribution in [0.5, 0.6) is 0 Å². The largest absolute Gasteiger partial charge is 0.394 e. The lowest BCUT2D eigenvalue weighted by Crippen LogP contribution is -2.66. The van der Waals surface area contributed by atoms with E-state index in [4.69, 9.17) is 47.4 Å². The zero-order chi connectivity index (χ0) is 64.7. The summed E-state index contributed by atoms with van der Waals surface area (Å²) in [6, 6.07) is 0. The van der Waals surface area contributed by atoms with E-state index in [0.717, 1.165) is 18.4 Å². The number of hydrogen-bond acceptors (Lipinski definition) is 28. The van der Waals surface area contributed by atoms with Crippen LogP contribution < -0.4 is 0 Å². The van der Waals surface area contributed by atoms with Crippen LogP contribution in [0.1, 0.15) is 113 Å². The molecule has 0 aromatic carbocycles. The van der Waals surface area contributed by atoms with E-state index in [1.165, 1.54) is 0 Å². The molecule has 28 nitrogen and oxygen atoms in total. The Kier molecular flexibility index (Phi) is 22.1. The van der Waals surface area contributed by atoms with Gasteiger partial charge in [-0.25, -0.2) is 0 Å². The molecule has 5 heterocycles. The standard InChI is InChI=1S/C60H102O28/c1-24(9-13-37(57(4,5)78)86-55-49(87-52-46(75)43(72)39(68)31(20-62)82-52)29(65)17-25(80-55)23-79-51-45(74)42(71)38(67)30(19-61)81-51)26-15-16-58(6)34-12-10-27-28(60(34,8)35(66)18-59(26,58)7)11-14-36(56(27,2)3)85-54-48(77)50(41(70)33(22-64)84-54)88-53-47(76)44(73)40(69)32(21-63)83-53/h10,24-26,28-55,61-78H,9,11-23H2,1-8H3/t24-,25+,26?,28?,29+,30-,31-,32-,33-,34?,35-,36+,37-,38-,39-,40-,41-,42+,43+,44+,45-,46-,47-,48-,49-,50+,51-,52+,53+,54+,55+,58+,59-,60+/m1/s1. The Balaban J connectivity index is 0.888. The van der Waals surface area contributed by atoms with Crippen molar-refractivity contribution in [3.8, 4) is 0 Å². The van der Waals surface area contributed by atoms with E-state index in [1.807, 2.05) is 13.8 Å². The second-order valence-electron chi connectivity index (χ2n) is 28.6. The summed E-state index contributed by atoms with van der Waals surface area (Å²) in [6.07, 6.45) is -33.6. The molecule has 5 saturated heterocycles. The average Bonchev–Trinajstić information content (AvgIpc) is 1.28. The quantitative estimate of drug-likeness (QED) is 0.0512. The van der Waals surface area contributed by atoms with Gasteiger partial charge < -0.3 is 139 Å². The first kappa shape index (κ1) is 70.9. The number of aliphatic hydroxyl groups is 18.